The Bertz CT molecular complexity index is 871. The van der Waals surface area contributed by atoms with E-state index < -0.39 is 47.9 Å². The molecule has 35 heavy (non-hydrogen) atoms. The summed E-state index contributed by atoms with van der Waals surface area (Å²) in [4.78, 5) is 60.0. The maximum Gasteiger partial charge on any atom is 0.326 e. The molecule has 0 aliphatic rings. The summed E-state index contributed by atoms with van der Waals surface area (Å²) < 4.78 is 0. The molecule has 5 unspecified atom stereocenters. The maximum atomic E-state index is 12.9. The van der Waals surface area contributed by atoms with Crippen LogP contribution in [0.4, 0.5) is 0 Å². The number of guanidine groups is 1. The second kappa shape index (κ2) is 14.6. The zero-order valence-electron chi connectivity index (χ0n) is 20.3. The third-order valence-corrected chi connectivity index (χ3v) is 5.48. The highest BCUT2D eigenvalue weighted by Crippen LogP contribution is 2.07. The Hall–Kier alpha value is -3.68. The molecule has 0 saturated heterocycles. The van der Waals surface area contributed by atoms with Crippen LogP contribution in [0.15, 0.2) is 17.5 Å². The number of hydrogen-bond acceptors (Lipinski definition) is 7. The monoisotopic (exact) mass is 495 g/mol. The van der Waals surface area contributed by atoms with Crippen LogP contribution in [0.25, 0.3) is 0 Å². The molecule has 0 fully saturated rings. The van der Waals surface area contributed by atoms with Crippen molar-refractivity contribution in [3.63, 3.8) is 0 Å². The number of nitrogens with two attached hydrogens (primary N) is 3. The summed E-state index contributed by atoms with van der Waals surface area (Å²) in [5, 5.41) is 17.0. The van der Waals surface area contributed by atoms with Crippen molar-refractivity contribution in [2.24, 2.45) is 28.1 Å². The Balaban J connectivity index is 2.82. The van der Waals surface area contributed by atoms with Crippen LogP contribution in [0.5, 0.6) is 0 Å². The number of H-pyrrole nitrogens is 1. The lowest BCUT2D eigenvalue weighted by atomic mass is 9.98. The topological polar surface area (TPSA) is 244 Å². The van der Waals surface area contributed by atoms with Gasteiger partial charge in [-0.2, -0.15) is 0 Å². The lowest BCUT2D eigenvalue weighted by Gasteiger charge is -2.24. The van der Waals surface area contributed by atoms with E-state index in [2.05, 4.69) is 30.9 Å². The van der Waals surface area contributed by atoms with Crippen LogP contribution in [0.1, 0.15) is 45.7 Å². The van der Waals surface area contributed by atoms with Crippen LogP contribution in [0, 0.1) is 5.92 Å². The first kappa shape index (κ1) is 29.4. The van der Waals surface area contributed by atoms with Gasteiger partial charge in [-0.3, -0.25) is 19.4 Å². The molecule has 11 N–H and O–H groups in total. The van der Waals surface area contributed by atoms with Gasteiger partial charge < -0.3 is 43.2 Å². The molecule has 0 radical (unpaired) electrons. The molecule has 1 aromatic rings. The zero-order chi connectivity index (χ0) is 26.5. The van der Waals surface area contributed by atoms with Gasteiger partial charge in [0.15, 0.2) is 5.96 Å². The average molecular weight is 496 g/mol. The van der Waals surface area contributed by atoms with Crippen molar-refractivity contribution in [2.45, 2.75) is 70.6 Å². The van der Waals surface area contributed by atoms with Crippen molar-refractivity contribution in [3.05, 3.63) is 18.2 Å². The van der Waals surface area contributed by atoms with E-state index in [4.69, 9.17) is 17.2 Å². The molecule has 14 nitrogen and oxygen atoms in total. The summed E-state index contributed by atoms with van der Waals surface area (Å²) in [5.41, 5.74) is 17.1. The molecular formula is C21H37N9O5. The molecule has 0 aromatic carbocycles. The first-order valence-electron chi connectivity index (χ1n) is 11.4. The van der Waals surface area contributed by atoms with Crippen molar-refractivity contribution in [2.75, 3.05) is 6.54 Å². The number of carboxylic acids is 1. The average Bonchev–Trinajstić information content (AvgIpc) is 3.32. The van der Waals surface area contributed by atoms with Crippen molar-refractivity contribution in [3.8, 4) is 0 Å². The van der Waals surface area contributed by atoms with Crippen molar-refractivity contribution < 1.29 is 24.3 Å². The predicted octanol–water partition coefficient (Wildman–Crippen LogP) is -2.06. The number of carbonyl (C=O) groups is 4. The molecular weight excluding hydrogens is 458 g/mol. The Morgan fingerprint density at radius 3 is 2.29 bits per heavy atom. The summed E-state index contributed by atoms with van der Waals surface area (Å²) >= 11 is 0. The number of imidazole rings is 1. The van der Waals surface area contributed by atoms with Crippen LogP contribution in [0.2, 0.25) is 0 Å². The lowest BCUT2D eigenvalue weighted by molar-refractivity contribution is -0.142. The van der Waals surface area contributed by atoms with Gasteiger partial charge in [0.2, 0.25) is 17.7 Å². The number of aromatic nitrogens is 2. The number of hydrogen-bond donors (Lipinski definition) is 8. The summed E-state index contributed by atoms with van der Waals surface area (Å²) in [6, 6.07) is -4.12. The van der Waals surface area contributed by atoms with E-state index in [1.54, 1.807) is 0 Å². The van der Waals surface area contributed by atoms with Crippen molar-refractivity contribution in [1.29, 1.82) is 0 Å². The molecule has 1 rings (SSSR count). The second-order valence-corrected chi connectivity index (χ2v) is 8.33. The molecule has 0 aliphatic carbocycles. The van der Waals surface area contributed by atoms with Crippen LogP contribution in [-0.4, -0.2) is 75.4 Å². The fraction of sp³-hybridized carbons (Fsp3) is 0.619. The van der Waals surface area contributed by atoms with E-state index in [-0.39, 0.29) is 31.3 Å². The zero-order valence-corrected chi connectivity index (χ0v) is 20.3. The smallest absolute Gasteiger partial charge is 0.326 e. The van der Waals surface area contributed by atoms with Crippen LogP contribution in [-0.2, 0) is 25.6 Å². The molecule has 196 valence electrons. The van der Waals surface area contributed by atoms with E-state index >= 15 is 0 Å². The fourth-order valence-electron chi connectivity index (χ4n) is 3.05. The number of nitrogens with one attached hydrogen (secondary N) is 4. The van der Waals surface area contributed by atoms with E-state index in [1.165, 1.54) is 19.4 Å². The maximum absolute atomic E-state index is 12.9. The first-order valence-corrected chi connectivity index (χ1v) is 11.4. The minimum absolute atomic E-state index is 0.0152. The Kier molecular flexibility index (Phi) is 12.2. The van der Waals surface area contributed by atoms with Gasteiger partial charge in [-0.05, 0) is 25.7 Å². The second-order valence-electron chi connectivity index (χ2n) is 8.33. The Morgan fingerprint density at radius 2 is 1.74 bits per heavy atom. The first-order chi connectivity index (χ1) is 16.5. The summed E-state index contributed by atoms with van der Waals surface area (Å²) in [5.74, 6) is -3.26. The predicted molar refractivity (Wildman–Crippen MR) is 129 cm³/mol. The Labute approximate surface area is 203 Å². The van der Waals surface area contributed by atoms with Crippen molar-refractivity contribution >= 4 is 29.7 Å². The lowest BCUT2D eigenvalue weighted by Crippen LogP contribution is -2.57. The largest absolute Gasteiger partial charge is 0.480 e. The standard InChI is InChI=1S/C21H37N9O5/c1-4-11(2)16(22)19(33)29-14(6-5-7-26-21(23)24)18(32)28-12(3)17(31)30-15(20(34)35)8-13-9-25-10-27-13/h9-12,14-16H,4-8,22H2,1-3H3,(H,25,27)(H,28,32)(H,29,33)(H,30,31)(H,34,35)(H4,23,24,26). The van der Waals surface area contributed by atoms with Gasteiger partial charge in [-0.1, -0.05) is 20.3 Å². The third kappa shape index (κ3) is 10.4. The molecule has 3 amide bonds. The third-order valence-electron chi connectivity index (χ3n) is 5.48. The number of aromatic amines is 1. The molecule has 0 bridgehead atoms. The molecule has 0 aliphatic heterocycles. The summed E-state index contributed by atoms with van der Waals surface area (Å²) in [6.07, 6.45) is 4.07. The van der Waals surface area contributed by atoms with Crippen LogP contribution >= 0.6 is 0 Å². The van der Waals surface area contributed by atoms with Crippen LogP contribution < -0.4 is 33.2 Å². The molecule has 0 spiro atoms. The minimum atomic E-state index is -1.24. The fourth-order valence-corrected chi connectivity index (χ4v) is 3.05. The minimum Gasteiger partial charge on any atom is -0.480 e. The SMILES string of the molecule is CCC(C)C(N)C(=O)NC(CCCN=C(N)N)C(=O)NC(C)C(=O)NC(Cc1cnc[nH]1)C(=O)O. The summed E-state index contributed by atoms with van der Waals surface area (Å²) in [6.45, 7) is 5.37. The Morgan fingerprint density at radius 1 is 1.09 bits per heavy atom. The van der Waals surface area contributed by atoms with Crippen LogP contribution in [0.3, 0.4) is 0 Å². The van der Waals surface area contributed by atoms with E-state index in [9.17, 15) is 24.3 Å². The van der Waals surface area contributed by atoms with Gasteiger partial charge in [0.05, 0.1) is 12.4 Å². The number of nitrogens with zero attached hydrogens (tertiary/aromatic N) is 2. The number of carbonyl (C=O) groups excluding carboxylic acids is 3. The van der Waals surface area contributed by atoms with E-state index in [0.717, 1.165) is 0 Å². The highest BCUT2D eigenvalue weighted by molar-refractivity contribution is 5.94. The summed E-state index contributed by atoms with van der Waals surface area (Å²) in [7, 11) is 0. The van der Waals surface area contributed by atoms with E-state index in [1.807, 2.05) is 13.8 Å². The number of carboxylic acid groups (broad SMARTS) is 1. The molecule has 0 saturated carbocycles. The normalized spacial score (nSPS) is 15.1. The number of rotatable bonds is 15. The van der Waals surface area contributed by atoms with Crippen molar-refractivity contribution in [1.82, 2.24) is 25.9 Å². The molecule has 5 atom stereocenters. The highest BCUT2D eigenvalue weighted by Gasteiger charge is 2.29. The quantitative estimate of drug-likeness (QED) is 0.0756. The molecule has 1 heterocycles. The van der Waals surface area contributed by atoms with E-state index in [0.29, 0.717) is 18.5 Å². The van der Waals surface area contributed by atoms with Gasteiger partial charge >= 0.3 is 5.97 Å². The molecule has 1 aromatic heterocycles. The molecule has 14 heteroatoms. The van der Waals surface area contributed by atoms with Gasteiger partial charge in [0.25, 0.3) is 0 Å². The van der Waals surface area contributed by atoms with Gasteiger partial charge in [-0.25, -0.2) is 9.78 Å². The van der Waals surface area contributed by atoms with Gasteiger partial charge in [0.1, 0.15) is 18.1 Å². The highest BCUT2D eigenvalue weighted by atomic mass is 16.4. The van der Waals surface area contributed by atoms with Gasteiger partial charge in [0, 0.05) is 24.9 Å². The number of aliphatic carboxylic acids is 1. The number of amides is 3. The number of aliphatic imine (C=N–C) groups is 1. The van der Waals surface area contributed by atoms with Gasteiger partial charge in [-0.15, -0.1) is 0 Å².